The molecule has 3 heteroatoms. The van der Waals surface area contributed by atoms with Gasteiger partial charge in [-0.3, -0.25) is 4.79 Å². The van der Waals surface area contributed by atoms with Crippen molar-refractivity contribution >= 4 is 18.0 Å². The van der Waals surface area contributed by atoms with Crippen molar-refractivity contribution < 1.29 is 9.36 Å². The molecule has 0 fully saturated rings. The molecule has 0 aromatic heterocycles. The Bertz CT molecular complexity index is 691. The summed E-state index contributed by atoms with van der Waals surface area (Å²) in [5, 5.41) is 0.988. The van der Waals surface area contributed by atoms with Crippen LogP contribution >= 0.6 is 7.14 Å². The molecule has 0 spiro atoms. The number of benzene rings is 1. The monoisotopic (exact) mass is 312 g/mol. The Labute approximate surface area is 132 Å². The van der Waals surface area contributed by atoms with Crippen molar-refractivity contribution in [2.45, 2.75) is 13.8 Å². The summed E-state index contributed by atoms with van der Waals surface area (Å²) in [6.45, 7) is 10.9. The number of carbonyl (C=O) groups excluding carboxylic acids is 1. The molecule has 0 N–H and O–H groups in total. The third-order valence-electron chi connectivity index (χ3n) is 3.11. The molecule has 0 saturated heterocycles. The van der Waals surface area contributed by atoms with Crippen molar-refractivity contribution in [1.82, 2.24) is 0 Å². The molecular weight excluding hydrogens is 291 g/mol. The van der Waals surface area contributed by atoms with Crippen LogP contribution in [0, 0.1) is 0 Å². The maximum absolute atomic E-state index is 13.7. The molecule has 1 rings (SSSR count). The lowest BCUT2D eigenvalue weighted by Crippen LogP contribution is -2.15. The van der Waals surface area contributed by atoms with E-state index in [0.29, 0.717) is 10.6 Å². The fraction of sp³-hybridized carbons (Fsp3) is 0.105. The van der Waals surface area contributed by atoms with E-state index in [0.717, 1.165) is 0 Å². The van der Waals surface area contributed by atoms with E-state index in [-0.39, 0.29) is 5.57 Å². The molecular formula is C19H21O2P. The van der Waals surface area contributed by atoms with E-state index in [1.54, 1.807) is 74.6 Å². The van der Waals surface area contributed by atoms with Crippen LogP contribution in [0.2, 0.25) is 0 Å². The highest BCUT2D eigenvalue weighted by Gasteiger charge is 2.36. The zero-order valence-corrected chi connectivity index (χ0v) is 13.9. The molecule has 0 bridgehead atoms. The summed E-state index contributed by atoms with van der Waals surface area (Å²) in [7, 11) is -3.45. The maximum Gasteiger partial charge on any atom is 0.229 e. The minimum absolute atomic E-state index is 0.237. The first-order chi connectivity index (χ1) is 10.5. The SMILES string of the molecule is C=C/C=C\C(=C/C)P(=O)(C(=O)C(=C)/C=C\C)c1ccccc1. The smallest absolute Gasteiger partial charge is 0.229 e. The van der Waals surface area contributed by atoms with Crippen LogP contribution in [0.5, 0.6) is 0 Å². The van der Waals surface area contributed by atoms with Crippen molar-refractivity contribution in [3.8, 4) is 0 Å². The Hall–Kier alpha value is -2.18. The predicted octanol–water partition coefficient (Wildman–Crippen LogP) is 4.98. The van der Waals surface area contributed by atoms with Gasteiger partial charge in [0.2, 0.25) is 12.7 Å². The first kappa shape index (κ1) is 17.9. The summed E-state index contributed by atoms with van der Waals surface area (Å²) in [5.74, 6) is 0. The van der Waals surface area contributed by atoms with Gasteiger partial charge in [0.05, 0.1) is 0 Å². The summed E-state index contributed by atoms with van der Waals surface area (Å²) in [6, 6.07) is 8.81. The van der Waals surface area contributed by atoms with E-state index in [2.05, 4.69) is 13.2 Å². The largest absolute Gasteiger partial charge is 0.305 e. The number of hydrogen-bond donors (Lipinski definition) is 0. The molecule has 0 radical (unpaired) electrons. The molecule has 0 amide bonds. The van der Waals surface area contributed by atoms with Gasteiger partial charge in [-0.25, -0.2) is 0 Å². The Morgan fingerprint density at radius 2 is 1.77 bits per heavy atom. The van der Waals surface area contributed by atoms with Gasteiger partial charge in [0.15, 0.2) is 0 Å². The highest BCUT2D eigenvalue weighted by Crippen LogP contribution is 2.55. The molecule has 114 valence electrons. The highest BCUT2D eigenvalue weighted by molar-refractivity contribution is 7.91. The molecule has 22 heavy (non-hydrogen) atoms. The minimum Gasteiger partial charge on any atom is -0.305 e. The van der Waals surface area contributed by atoms with Crippen LogP contribution in [-0.4, -0.2) is 5.52 Å². The number of carbonyl (C=O) groups is 1. The summed E-state index contributed by atoms with van der Waals surface area (Å²) in [6.07, 6.45) is 9.93. The number of hydrogen-bond acceptors (Lipinski definition) is 2. The van der Waals surface area contributed by atoms with E-state index in [1.165, 1.54) is 0 Å². The quantitative estimate of drug-likeness (QED) is 0.404. The van der Waals surface area contributed by atoms with Crippen LogP contribution in [0.15, 0.2) is 90.8 Å². The number of allylic oxidation sites excluding steroid dienone is 8. The van der Waals surface area contributed by atoms with E-state index in [1.807, 2.05) is 6.07 Å². The van der Waals surface area contributed by atoms with Gasteiger partial charge in [-0.05, 0) is 13.8 Å². The fourth-order valence-electron chi connectivity index (χ4n) is 2.05. The van der Waals surface area contributed by atoms with Crippen molar-refractivity contribution in [2.24, 2.45) is 0 Å². The predicted molar refractivity (Wildman–Crippen MR) is 95.7 cm³/mol. The summed E-state index contributed by atoms with van der Waals surface area (Å²) < 4.78 is 13.7. The molecule has 0 aliphatic heterocycles. The van der Waals surface area contributed by atoms with Gasteiger partial charge >= 0.3 is 0 Å². The van der Waals surface area contributed by atoms with Crippen LogP contribution in [0.3, 0.4) is 0 Å². The minimum atomic E-state index is -3.45. The first-order valence-corrected chi connectivity index (χ1v) is 8.71. The highest BCUT2D eigenvalue weighted by atomic mass is 31.2. The van der Waals surface area contributed by atoms with E-state index >= 15 is 0 Å². The summed E-state index contributed by atoms with van der Waals surface area (Å²) in [4.78, 5) is 12.8. The molecule has 1 aromatic rings. The Morgan fingerprint density at radius 1 is 1.14 bits per heavy atom. The molecule has 1 atom stereocenters. The fourth-order valence-corrected chi connectivity index (χ4v) is 4.54. The zero-order valence-electron chi connectivity index (χ0n) is 13.0. The van der Waals surface area contributed by atoms with Gasteiger partial charge in [0, 0.05) is 16.2 Å². The van der Waals surface area contributed by atoms with Crippen LogP contribution < -0.4 is 5.30 Å². The van der Waals surface area contributed by atoms with Gasteiger partial charge in [0.25, 0.3) is 0 Å². The molecule has 1 unspecified atom stereocenters. The summed E-state index contributed by atoms with van der Waals surface area (Å²) in [5.41, 5.74) is -0.209. The molecule has 0 saturated carbocycles. The Kier molecular flexibility index (Phi) is 6.75. The van der Waals surface area contributed by atoms with Crippen LogP contribution in [-0.2, 0) is 9.36 Å². The van der Waals surface area contributed by atoms with Gasteiger partial charge in [0.1, 0.15) is 0 Å². The van der Waals surface area contributed by atoms with E-state index in [9.17, 15) is 9.36 Å². The first-order valence-electron chi connectivity index (χ1n) is 7.00. The molecule has 1 aromatic carbocycles. The second kappa shape index (κ2) is 8.31. The van der Waals surface area contributed by atoms with Crippen molar-refractivity contribution in [3.05, 3.63) is 90.8 Å². The topological polar surface area (TPSA) is 34.1 Å². The Morgan fingerprint density at radius 3 is 2.27 bits per heavy atom. The average molecular weight is 312 g/mol. The average Bonchev–Trinajstić information content (AvgIpc) is 2.55. The van der Waals surface area contributed by atoms with Gasteiger partial charge in [-0.1, -0.05) is 79.9 Å². The van der Waals surface area contributed by atoms with E-state index in [4.69, 9.17) is 0 Å². The third kappa shape index (κ3) is 3.72. The standard InChI is InChI=1S/C19H21O2P/c1-5-8-13-17(7-3)22(21,18-14-10-9-11-15-18)19(20)16(4)12-6-2/h5-15H,1,4H2,2-3H3/b12-6-,13-8-,17-7+. The molecule has 0 heterocycles. The number of rotatable bonds is 7. The van der Waals surface area contributed by atoms with Crippen LogP contribution in [0.25, 0.3) is 0 Å². The lowest BCUT2D eigenvalue weighted by molar-refractivity contribution is -0.108. The van der Waals surface area contributed by atoms with Gasteiger partial charge in [-0.15, -0.1) is 0 Å². The molecule has 2 nitrogen and oxygen atoms in total. The third-order valence-corrected chi connectivity index (χ3v) is 6.13. The van der Waals surface area contributed by atoms with Crippen molar-refractivity contribution in [2.75, 3.05) is 0 Å². The summed E-state index contributed by atoms with van der Waals surface area (Å²) >= 11 is 0. The van der Waals surface area contributed by atoms with Crippen molar-refractivity contribution in [3.63, 3.8) is 0 Å². The van der Waals surface area contributed by atoms with Gasteiger partial charge in [-0.2, -0.15) is 0 Å². The second-order valence-corrected chi connectivity index (χ2v) is 7.24. The van der Waals surface area contributed by atoms with Crippen LogP contribution in [0.4, 0.5) is 0 Å². The maximum atomic E-state index is 13.7. The normalized spacial score (nSPS) is 14.9. The molecule has 0 aliphatic rings. The van der Waals surface area contributed by atoms with Gasteiger partial charge < -0.3 is 4.57 Å². The second-order valence-electron chi connectivity index (χ2n) is 4.58. The lowest BCUT2D eigenvalue weighted by Gasteiger charge is -2.19. The van der Waals surface area contributed by atoms with Crippen LogP contribution in [0.1, 0.15) is 13.8 Å². The Balaban J connectivity index is 3.55. The van der Waals surface area contributed by atoms with E-state index < -0.39 is 12.7 Å². The lowest BCUT2D eigenvalue weighted by atomic mass is 10.3. The van der Waals surface area contributed by atoms with Crippen molar-refractivity contribution in [1.29, 1.82) is 0 Å². The molecule has 0 aliphatic carbocycles. The zero-order chi connectivity index (χ0) is 16.6.